The minimum Gasteiger partial charge on any atom is -0.339 e. The average molecular weight is 240 g/mol. The van der Waals surface area contributed by atoms with Crippen LogP contribution >= 0.6 is 11.8 Å². The van der Waals surface area contributed by atoms with Crippen molar-refractivity contribution in [1.29, 1.82) is 0 Å². The van der Waals surface area contributed by atoms with Crippen molar-refractivity contribution in [2.45, 2.75) is 37.9 Å². The van der Waals surface area contributed by atoms with Gasteiger partial charge in [-0.1, -0.05) is 18.0 Å². The monoisotopic (exact) mass is 240 g/mol. The Kier molecular flexibility index (Phi) is 3.98. The van der Waals surface area contributed by atoms with E-state index in [1.54, 1.807) is 11.8 Å². The van der Waals surface area contributed by atoms with Crippen LogP contribution in [-0.2, 0) is 17.0 Å². The van der Waals surface area contributed by atoms with Crippen LogP contribution in [0, 0.1) is 5.92 Å². The highest BCUT2D eigenvalue weighted by atomic mass is 32.2. The second-order valence-electron chi connectivity index (χ2n) is 4.16. The smallest absolute Gasteiger partial charge is 0.234 e. The summed E-state index contributed by atoms with van der Waals surface area (Å²) in [6.45, 7) is 0. The highest BCUT2D eigenvalue weighted by Crippen LogP contribution is 2.26. The van der Waals surface area contributed by atoms with E-state index in [-0.39, 0.29) is 11.7 Å². The Bertz CT molecular complexity index is 359. The largest absolute Gasteiger partial charge is 0.339 e. The molecule has 1 aromatic rings. The molecule has 1 fully saturated rings. The number of ketones is 1. The Morgan fingerprint density at radius 2 is 2.25 bits per heavy atom. The number of hydrogen-bond acceptors (Lipinski definition) is 5. The molecule has 0 atom stereocenters. The molecule has 0 aromatic carbocycles. The fourth-order valence-electron chi connectivity index (χ4n) is 2.09. The Balaban J connectivity index is 1.89. The van der Waals surface area contributed by atoms with Gasteiger partial charge in [-0.25, -0.2) is 0 Å². The third-order valence-corrected chi connectivity index (χ3v) is 3.47. The number of nitrogens with zero attached hydrogens (tertiary/aromatic N) is 2. The van der Waals surface area contributed by atoms with Gasteiger partial charge in [0.05, 0.1) is 12.2 Å². The number of thioether (sulfide) groups is 1. The highest BCUT2D eigenvalue weighted by Gasteiger charge is 2.24. The minimum absolute atomic E-state index is 0.232. The van der Waals surface area contributed by atoms with Gasteiger partial charge in [-0.05, 0) is 19.1 Å². The van der Waals surface area contributed by atoms with Crippen molar-refractivity contribution in [3.05, 3.63) is 11.7 Å². The lowest BCUT2D eigenvalue weighted by atomic mass is 10.0. The molecule has 5 heteroatoms. The molecule has 1 saturated carbocycles. The van der Waals surface area contributed by atoms with E-state index >= 15 is 0 Å². The maximum Gasteiger partial charge on any atom is 0.234 e. The van der Waals surface area contributed by atoms with E-state index in [4.69, 9.17) is 4.52 Å². The lowest BCUT2D eigenvalue weighted by Crippen LogP contribution is -2.13. The fourth-order valence-corrected chi connectivity index (χ4v) is 2.47. The molecule has 1 aromatic heterocycles. The molecular formula is C11H16N2O2S. The van der Waals surface area contributed by atoms with E-state index in [2.05, 4.69) is 10.1 Å². The fraction of sp³-hybridized carbons (Fsp3) is 0.727. The molecule has 0 saturated heterocycles. The van der Waals surface area contributed by atoms with Gasteiger partial charge >= 0.3 is 0 Å². The van der Waals surface area contributed by atoms with Crippen LogP contribution in [0.2, 0.25) is 0 Å². The predicted octanol–water partition coefficient (Wildman–Crippen LogP) is 2.23. The SMILES string of the molecule is CSCc1noc(CC(=O)C2CCCC2)n1. The molecule has 0 radical (unpaired) electrons. The summed E-state index contributed by atoms with van der Waals surface area (Å²) in [7, 11) is 0. The van der Waals surface area contributed by atoms with Crippen molar-refractivity contribution in [2.24, 2.45) is 5.92 Å². The predicted molar refractivity (Wildman–Crippen MR) is 62.2 cm³/mol. The summed E-state index contributed by atoms with van der Waals surface area (Å²) < 4.78 is 5.05. The first-order chi connectivity index (χ1) is 7.79. The third-order valence-electron chi connectivity index (χ3n) is 2.92. The van der Waals surface area contributed by atoms with E-state index in [1.807, 2.05) is 6.26 Å². The van der Waals surface area contributed by atoms with E-state index in [0.29, 0.717) is 18.1 Å². The van der Waals surface area contributed by atoms with Crippen molar-refractivity contribution in [2.75, 3.05) is 6.26 Å². The lowest BCUT2D eigenvalue weighted by molar-refractivity contribution is -0.122. The van der Waals surface area contributed by atoms with Gasteiger partial charge < -0.3 is 4.52 Å². The third kappa shape index (κ3) is 2.84. The number of carbonyl (C=O) groups is 1. The van der Waals surface area contributed by atoms with Crippen molar-refractivity contribution in [1.82, 2.24) is 10.1 Å². The summed E-state index contributed by atoms with van der Waals surface area (Å²) in [6, 6.07) is 0. The van der Waals surface area contributed by atoms with Crippen molar-refractivity contribution >= 4 is 17.5 Å². The quantitative estimate of drug-likeness (QED) is 0.790. The molecule has 1 heterocycles. The van der Waals surface area contributed by atoms with Gasteiger partial charge in [-0.15, -0.1) is 0 Å². The Morgan fingerprint density at radius 3 is 2.94 bits per heavy atom. The maximum absolute atomic E-state index is 11.8. The molecule has 0 amide bonds. The molecule has 2 rings (SSSR count). The first-order valence-corrected chi connectivity index (χ1v) is 7.02. The number of carbonyl (C=O) groups excluding carboxylic acids is 1. The van der Waals surface area contributed by atoms with Crippen LogP contribution in [0.4, 0.5) is 0 Å². The van der Waals surface area contributed by atoms with Gasteiger partial charge in [0.1, 0.15) is 5.78 Å². The van der Waals surface area contributed by atoms with Crippen molar-refractivity contribution < 1.29 is 9.32 Å². The topological polar surface area (TPSA) is 56.0 Å². The molecule has 0 N–H and O–H groups in total. The first kappa shape index (κ1) is 11.6. The summed E-state index contributed by atoms with van der Waals surface area (Å²) in [6.07, 6.45) is 6.72. The molecule has 0 unspecified atom stereocenters. The van der Waals surface area contributed by atoms with Crippen LogP contribution in [0.3, 0.4) is 0 Å². The zero-order chi connectivity index (χ0) is 11.4. The van der Waals surface area contributed by atoms with Crippen molar-refractivity contribution in [3.63, 3.8) is 0 Å². The van der Waals surface area contributed by atoms with Crippen molar-refractivity contribution in [3.8, 4) is 0 Å². The molecule has 1 aliphatic rings. The van der Waals surface area contributed by atoms with Gasteiger partial charge in [-0.2, -0.15) is 16.7 Å². The number of rotatable bonds is 5. The second kappa shape index (κ2) is 5.48. The molecule has 1 aliphatic carbocycles. The van der Waals surface area contributed by atoms with E-state index in [0.717, 1.165) is 18.6 Å². The van der Waals surface area contributed by atoms with Gasteiger partial charge in [-0.3, -0.25) is 4.79 Å². The van der Waals surface area contributed by atoms with E-state index < -0.39 is 0 Å². The Labute approximate surface area is 99.2 Å². The normalized spacial score (nSPS) is 16.8. The molecule has 0 spiro atoms. The number of aromatic nitrogens is 2. The van der Waals surface area contributed by atoms with Crippen LogP contribution in [0.25, 0.3) is 0 Å². The van der Waals surface area contributed by atoms with Crippen LogP contribution < -0.4 is 0 Å². The zero-order valence-corrected chi connectivity index (χ0v) is 10.3. The second-order valence-corrected chi connectivity index (χ2v) is 5.03. The molecular weight excluding hydrogens is 224 g/mol. The molecule has 16 heavy (non-hydrogen) atoms. The van der Waals surface area contributed by atoms with Gasteiger partial charge in [0.25, 0.3) is 0 Å². The summed E-state index contributed by atoms with van der Waals surface area (Å²) in [5, 5.41) is 3.83. The Morgan fingerprint density at radius 1 is 1.50 bits per heavy atom. The first-order valence-electron chi connectivity index (χ1n) is 5.62. The van der Waals surface area contributed by atoms with Crippen LogP contribution in [0.1, 0.15) is 37.4 Å². The Hall–Kier alpha value is -0.840. The minimum atomic E-state index is 0.232. The van der Waals surface area contributed by atoms with Crippen LogP contribution in [0.15, 0.2) is 4.52 Å². The van der Waals surface area contributed by atoms with Crippen LogP contribution in [-0.4, -0.2) is 22.2 Å². The molecule has 4 nitrogen and oxygen atoms in total. The number of hydrogen-bond donors (Lipinski definition) is 0. The summed E-state index contributed by atoms with van der Waals surface area (Å²) >= 11 is 1.64. The standard InChI is InChI=1S/C11H16N2O2S/c1-16-7-10-12-11(15-13-10)6-9(14)8-4-2-3-5-8/h8H,2-7H2,1H3. The summed E-state index contributed by atoms with van der Waals surface area (Å²) in [4.78, 5) is 16.0. The van der Waals surface area contributed by atoms with E-state index in [9.17, 15) is 4.79 Å². The van der Waals surface area contributed by atoms with Gasteiger partial charge in [0, 0.05) is 5.92 Å². The molecule has 88 valence electrons. The molecule has 0 bridgehead atoms. The lowest BCUT2D eigenvalue weighted by Gasteiger charge is -2.04. The molecule has 0 aliphatic heterocycles. The van der Waals surface area contributed by atoms with Gasteiger partial charge in [0.2, 0.25) is 5.89 Å². The average Bonchev–Trinajstić information content (AvgIpc) is 2.89. The van der Waals surface area contributed by atoms with E-state index in [1.165, 1.54) is 12.8 Å². The van der Waals surface area contributed by atoms with Gasteiger partial charge in [0.15, 0.2) is 5.82 Å². The maximum atomic E-state index is 11.8. The summed E-state index contributed by atoms with van der Waals surface area (Å²) in [5.41, 5.74) is 0. The van der Waals surface area contributed by atoms with Crippen LogP contribution in [0.5, 0.6) is 0 Å². The zero-order valence-electron chi connectivity index (χ0n) is 9.44. The highest BCUT2D eigenvalue weighted by molar-refractivity contribution is 7.97. The summed E-state index contributed by atoms with van der Waals surface area (Å²) in [5.74, 6) is 2.39. The number of Topliss-reactive ketones (excluding diaryl/α,β-unsaturated/α-hetero) is 1.